The van der Waals surface area contributed by atoms with Crippen molar-refractivity contribution in [3.05, 3.63) is 57.4 Å². The van der Waals surface area contributed by atoms with Crippen molar-refractivity contribution in [3.8, 4) is 0 Å². The summed E-state index contributed by atoms with van der Waals surface area (Å²) >= 11 is 0. The average molecular weight is 340 g/mol. The summed E-state index contributed by atoms with van der Waals surface area (Å²) in [7, 11) is 0. The van der Waals surface area contributed by atoms with E-state index in [1.807, 2.05) is 0 Å². The molecular formula is C14H14F2N4O4. The van der Waals surface area contributed by atoms with Crippen LogP contribution in [0.25, 0.3) is 0 Å². The second kappa shape index (κ2) is 7.13. The number of aliphatic hydroxyl groups excluding tert-OH is 1. The molecule has 0 radical (unpaired) electrons. The SMILES string of the molecule is CC[C@@H](NC(=O)c1[nH]ncc1[N+](=O)[O-])[C@H](O)c1c(F)cccc1F. The van der Waals surface area contributed by atoms with Crippen molar-refractivity contribution in [1.82, 2.24) is 15.5 Å². The number of nitrogens with zero attached hydrogens (tertiary/aromatic N) is 2. The number of aromatic nitrogens is 2. The number of H-pyrrole nitrogens is 1. The first-order valence-corrected chi connectivity index (χ1v) is 6.97. The summed E-state index contributed by atoms with van der Waals surface area (Å²) in [4.78, 5) is 22.1. The number of rotatable bonds is 6. The van der Waals surface area contributed by atoms with Crippen LogP contribution in [0.3, 0.4) is 0 Å². The van der Waals surface area contributed by atoms with Gasteiger partial charge in [0.05, 0.1) is 16.5 Å². The van der Waals surface area contributed by atoms with Gasteiger partial charge in [0.2, 0.25) is 5.69 Å². The van der Waals surface area contributed by atoms with Gasteiger partial charge in [0, 0.05) is 0 Å². The monoisotopic (exact) mass is 340 g/mol. The summed E-state index contributed by atoms with van der Waals surface area (Å²) in [5, 5.41) is 28.9. The number of aromatic amines is 1. The number of benzene rings is 1. The number of carbonyl (C=O) groups is 1. The number of hydrogen-bond acceptors (Lipinski definition) is 5. The lowest BCUT2D eigenvalue weighted by Crippen LogP contribution is -2.39. The van der Waals surface area contributed by atoms with Crippen molar-refractivity contribution in [1.29, 1.82) is 0 Å². The molecule has 10 heteroatoms. The second-order valence-corrected chi connectivity index (χ2v) is 4.96. The third kappa shape index (κ3) is 3.38. The Morgan fingerprint density at radius 2 is 2.08 bits per heavy atom. The zero-order chi connectivity index (χ0) is 17.9. The number of carbonyl (C=O) groups excluding carboxylic acids is 1. The molecule has 8 nitrogen and oxygen atoms in total. The van der Waals surface area contributed by atoms with Crippen LogP contribution in [0.15, 0.2) is 24.4 Å². The lowest BCUT2D eigenvalue weighted by atomic mass is 9.99. The number of nitro groups is 1. The number of hydrogen-bond donors (Lipinski definition) is 3. The van der Waals surface area contributed by atoms with Crippen LogP contribution in [0.1, 0.15) is 35.5 Å². The van der Waals surface area contributed by atoms with Crippen LogP contribution in [0.4, 0.5) is 14.5 Å². The molecule has 0 fully saturated rings. The molecule has 2 atom stereocenters. The largest absolute Gasteiger partial charge is 0.386 e. The van der Waals surface area contributed by atoms with E-state index in [-0.39, 0.29) is 6.42 Å². The summed E-state index contributed by atoms with van der Waals surface area (Å²) in [5.74, 6) is -2.83. The van der Waals surface area contributed by atoms with Crippen LogP contribution >= 0.6 is 0 Å². The Morgan fingerprint density at radius 1 is 1.46 bits per heavy atom. The molecule has 0 aliphatic heterocycles. The van der Waals surface area contributed by atoms with Crippen molar-refractivity contribution in [2.24, 2.45) is 0 Å². The van der Waals surface area contributed by atoms with E-state index in [1.54, 1.807) is 6.92 Å². The minimum atomic E-state index is -1.66. The molecule has 0 aliphatic carbocycles. The van der Waals surface area contributed by atoms with Crippen molar-refractivity contribution in [2.75, 3.05) is 0 Å². The Balaban J connectivity index is 2.24. The fourth-order valence-corrected chi connectivity index (χ4v) is 2.22. The Labute approximate surface area is 134 Å². The maximum absolute atomic E-state index is 13.8. The van der Waals surface area contributed by atoms with Crippen LogP contribution in [0.5, 0.6) is 0 Å². The smallest absolute Gasteiger partial charge is 0.319 e. The molecule has 24 heavy (non-hydrogen) atoms. The summed E-state index contributed by atoms with van der Waals surface area (Å²) in [5.41, 5.74) is -1.54. The lowest BCUT2D eigenvalue weighted by molar-refractivity contribution is -0.385. The van der Waals surface area contributed by atoms with Gasteiger partial charge in [-0.15, -0.1) is 0 Å². The summed E-state index contributed by atoms with van der Waals surface area (Å²) in [6.45, 7) is 1.58. The Kier molecular flexibility index (Phi) is 5.19. The number of halogens is 2. The highest BCUT2D eigenvalue weighted by Crippen LogP contribution is 2.25. The third-order valence-corrected chi connectivity index (χ3v) is 3.48. The van der Waals surface area contributed by atoms with E-state index in [2.05, 4.69) is 15.5 Å². The molecule has 1 aromatic carbocycles. The molecule has 1 aromatic heterocycles. The van der Waals surface area contributed by atoms with Gasteiger partial charge in [-0.3, -0.25) is 20.0 Å². The molecule has 0 spiro atoms. The van der Waals surface area contributed by atoms with Crippen molar-refractivity contribution < 1.29 is 23.6 Å². The van der Waals surface area contributed by atoms with Crippen LogP contribution in [0.2, 0.25) is 0 Å². The molecule has 0 saturated heterocycles. The van der Waals surface area contributed by atoms with Gasteiger partial charge >= 0.3 is 5.69 Å². The Bertz CT molecular complexity index is 745. The standard InChI is InChI=1S/C14H14F2N4O4/c1-2-9(13(21)11-7(15)4-3-5-8(11)16)18-14(22)12-10(20(23)24)6-17-19-12/h3-6,9,13,21H,2H2,1H3,(H,17,19)(H,18,22)/t9-,13+/m1/s1. The van der Waals surface area contributed by atoms with Gasteiger partial charge < -0.3 is 10.4 Å². The van der Waals surface area contributed by atoms with E-state index in [9.17, 15) is 28.8 Å². The predicted octanol–water partition coefficient (Wildman–Crippen LogP) is 1.84. The van der Waals surface area contributed by atoms with Crippen molar-refractivity contribution in [3.63, 3.8) is 0 Å². The van der Waals surface area contributed by atoms with Crippen LogP contribution in [-0.4, -0.2) is 32.2 Å². The number of amides is 1. The molecule has 0 aliphatic rings. The van der Waals surface area contributed by atoms with E-state index >= 15 is 0 Å². The molecule has 0 unspecified atom stereocenters. The fourth-order valence-electron chi connectivity index (χ4n) is 2.22. The maximum Gasteiger partial charge on any atom is 0.319 e. The summed E-state index contributed by atoms with van der Waals surface area (Å²) < 4.78 is 27.5. The van der Waals surface area contributed by atoms with Crippen LogP contribution in [-0.2, 0) is 0 Å². The molecule has 1 amide bonds. The highest BCUT2D eigenvalue weighted by Gasteiger charge is 2.30. The molecule has 128 valence electrons. The summed E-state index contributed by atoms with van der Waals surface area (Å²) in [6.07, 6.45) is -0.673. The lowest BCUT2D eigenvalue weighted by Gasteiger charge is -2.23. The van der Waals surface area contributed by atoms with Crippen LogP contribution < -0.4 is 5.32 Å². The van der Waals surface area contributed by atoms with Gasteiger partial charge in [-0.25, -0.2) is 8.78 Å². The van der Waals surface area contributed by atoms with E-state index in [0.29, 0.717) is 0 Å². The first kappa shape index (κ1) is 17.5. The quantitative estimate of drug-likeness (QED) is 0.547. The maximum atomic E-state index is 13.8. The third-order valence-electron chi connectivity index (χ3n) is 3.48. The molecule has 2 rings (SSSR count). The number of aliphatic hydroxyl groups is 1. The van der Waals surface area contributed by atoms with Gasteiger partial charge in [0.15, 0.2) is 0 Å². The van der Waals surface area contributed by atoms with Crippen molar-refractivity contribution in [2.45, 2.75) is 25.5 Å². The zero-order valence-corrected chi connectivity index (χ0v) is 12.5. The van der Waals surface area contributed by atoms with Crippen LogP contribution in [0, 0.1) is 21.7 Å². The van der Waals surface area contributed by atoms with E-state index in [1.165, 1.54) is 0 Å². The normalized spacial score (nSPS) is 13.3. The minimum absolute atomic E-state index is 0.128. The van der Waals surface area contributed by atoms with Crippen molar-refractivity contribution >= 4 is 11.6 Å². The highest BCUT2D eigenvalue weighted by atomic mass is 19.1. The molecule has 0 saturated carbocycles. The summed E-state index contributed by atoms with van der Waals surface area (Å²) in [6, 6.07) is 2.05. The first-order chi connectivity index (χ1) is 11.4. The van der Waals surface area contributed by atoms with Gasteiger partial charge in [0.1, 0.15) is 23.9 Å². The minimum Gasteiger partial charge on any atom is -0.386 e. The first-order valence-electron chi connectivity index (χ1n) is 6.97. The van der Waals surface area contributed by atoms with E-state index in [0.717, 1.165) is 24.4 Å². The Morgan fingerprint density at radius 3 is 2.62 bits per heavy atom. The molecular weight excluding hydrogens is 326 g/mol. The van der Waals surface area contributed by atoms with Gasteiger partial charge in [0.25, 0.3) is 5.91 Å². The molecule has 0 bridgehead atoms. The highest BCUT2D eigenvalue weighted by molar-refractivity contribution is 5.96. The molecule has 3 N–H and O–H groups in total. The predicted molar refractivity (Wildman–Crippen MR) is 78.1 cm³/mol. The number of nitrogens with one attached hydrogen (secondary N) is 2. The average Bonchev–Trinajstić information content (AvgIpc) is 3.02. The second-order valence-electron chi connectivity index (χ2n) is 4.96. The van der Waals surface area contributed by atoms with Gasteiger partial charge in [-0.1, -0.05) is 13.0 Å². The van der Waals surface area contributed by atoms with E-state index in [4.69, 9.17) is 0 Å². The fraction of sp³-hybridized carbons (Fsp3) is 0.286. The molecule has 2 aromatic rings. The van der Waals surface area contributed by atoms with E-state index < -0.39 is 51.6 Å². The van der Waals surface area contributed by atoms with Gasteiger partial charge in [-0.2, -0.15) is 5.10 Å². The topological polar surface area (TPSA) is 121 Å². The zero-order valence-electron chi connectivity index (χ0n) is 12.5. The molecule has 1 heterocycles. The Hall–Kier alpha value is -2.88. The van der Waals surface area contributed by atoms with Gasteiger partial charge in [-0.05, 0) is 18.6 Å².